The van der Waals surface area contributed by atoms with Crippen LogP contribution in [-0.4, -0.2) is 53.8 Å². The molecule has 2 aromatic rings. The molecule has 2 N–H and O–H groups in total. The van der Waals surface area contributed by atoms with Gasteiger partial charge in [0.25, 0.3) is 5.91 Å². The van der Waals surface area contributed by atoms with Gasteiger partial charge in [-0.05, 0) is 36.8 Å². The van der Waals surface area contributed by atoms with Crippen LogP contribution in [0.2, 0.25) is 0 Å². The predicted molar refractivity (Wildman–Crippen MR) is 102 cm³/mol. The molecule has 1 aliphatic heterocycles. The van der Waals surface area contributed by atoms with Crippen molar-refractivity contribution in [2.75, 3.05) is 26.2 Å². The van der Waals surface area contributed by atoms with E-state index < -0.39 is 0 Å². The predicted octanol–water partition coefficient (Wildman–Crippen LogP) is 2.76. The van der Waals surface area contributed by atoms with Gasteiger partial charge in [0.15, 0.2) is 0 Å². The molecule has 2 aromatic heterocycles. The number of fused-ring (bicyclic) bond motifs is 1. The Balaban J connectivity index is 1.35. The van der Waals surface area contributed by atoms with E-state index in [0.717, 1.165) is 30.6 Å². The number of amides is 2. The number of carbonyl (C=O) groups is 2. The Kier molecular flexibility index (Phi) is 4.80. The van der Waals surface area contributed by atoms with Crippen molar-refractivity contribution in [1.82, 2.24) is 9.80 Å². The Labute approximate surface area is 155 Å². The lowest BCUT2D eigenvalue weighted by Gasteiger charge is -2.37. The molecule has 0 bridgehead atoms. The minimum atomic E-state index is 0.0788. The standard InChI is InChI=1S/C18H23N3O2S2/c19-13-3-1-2-12(10-13)17(22)20-5-7-21(8-6-20)18(23)16-11-15-14(25-16)4-9-24-15/h4,9,11-13H,1-3,5-8,10,19H2. The summed E-state index contributed by atoms with van der Waals surface area (Å²) in [6.07, 6.45) is 3.84. The van der Waals surface area contributed by atoms with E-state index in [1.807, 2.05) is 15.9 Å². The van der Waals surface area contributed by atoms with Crippen molar-refractivity contribution in [2.45, 2.75) is 31.7 Å². The van der Waals surface area contributed by atoms with Gasteiger partial charge < -0.3 is 15.5 Å². The SMILES string of the molecule is NC1CCCC(C(=O)N2CCN(C(=O)c3cc4sccc4s3)CC2)C1. The van der Waals surface area contributed by atoms with Gasteiger partial charge in [0.2, 0.25) is 5.91 Å². The lowest BCUT2D eigenvalue weighted by molar-refractivity contribution is -0.138. The smallest absolute Gasteiger partial charge is 0.264 e. The molecule has 3 heterocycles. The molecule has 2 fully saturated rings. The highest BCUT2D eigenvalue weighted by atomic mass is 32.1. The first-order valence-electron chi connectivity index (χ1n) is 8.92. The zero-order chi connectivity index (χ0) is 17.4. The first-order chi connectivity index (χ1) is 12.1. The Morgan fingerprint density at radius 1 is 1.08 bits per heavy atom. The van der Waals surface area contributed by atoms with Crippen LogP contribution in [0.3, 0.4) is 0 Å². The van der Waals surface area contributed by atoms with Crippen molar-refractivity contribution in [3.63, 3.8) is 0 Å². The van der Waals surface area contributed by atoms with Crippen LogP contribution in [0.15, 0.2) is 17.5 Å². The molecule has 1 saturated carbocycles. The summed E-state index contributed by atoms with van der Waals surface area (Å²) in [5.74, 6) is 0.411. The van der Waals surface area contributed by atoms with Gasteiger partial charge in [-0.15, -0.1) is 22.7 Å². The van der Waals surface area contributed by atoms with Crippen LogP contribution in [0.4, 0.5) is 0 Å². The molecule has 0 aromatic carbocycles. The van der Waals surface area contributed by atoms with Crippen molar-refractivity contribution < 1.29 is 9.59 Å². The van der Waals surface area contributed by atoms with Crippen LogP contribution in [0.25, 0.3) is 9.40 Å². The molecule has 2 atom stereocenters. The molecular formula is C18H23N3O2S2. The Morgan fingerprint density at radius 3 is 2.56 bits per heavy atom. The molecule has 0 spiro atoms. The van der Waals surface area contributed by atoms with Crippen molar-refractivity contribution in [3.05, 3.63) is 22.4 Å². The number of hydrogen-bond acceptors (Lipinski definition) is 5. The number of nitrogens with zero attached hydrogens (tertiary/aromatic N) is 2. The monoisotopic (exact) mass is 377 g/mol. The average Bonchev–Trinajstić information content (AvgIpc) is 3.22. The number of nitrogens with two attached hydrogens (primary N) is 1. The van der Waals surface area contributed by atoms with E-state index >= 15 is 0 Å². The maximum atomic E-state index is 12.7. The van der Waals surface area contributed by atoms with E-state index in [0.29, 0.717) is 26.2 Å². The van der Waals surface area contributed by atoms with Crippen LogP contribution in [0.1, 0.15) is 35.4 Å². The summed E-state index contributed by atoms with van der Waals surface area (Å²) in [4.78, 5) is 30.0. The van der Waals surface area contributed by atoms with E-state index in [1.54, 1.807) is 22.7 Å². The van der Waals surface area contributed by atoms with Gasteiger partial charge in [-0.25, -0.2) is 0 Å². The van der Waals surface area contributed by atoms with Crippen molar-refractivity contribution in [3.8, 4) is 0 Å². The number of carbonyl (C=O) groups excluding carboxylic acids is 2. The Bertz CT molecular complexity index is 748. The van der Waals surface area contributed by atoms with E-state index in [9.17, 15) is 9.59 Å². The highest BCUT2D eigenvalue weighted by Crippen LogP contribution is 2.31. The zero-order valence-corrected chi connectivity index (χ0v) is 15.8. The summed E-state index contributed by atoms with van der Waals surface area (Å²) in [7, 11) is 0. The highest BCUT2D eigenvalue weighted by Gasteiger charge is 2.32. The molecular weight excluding hydrogens is 354 g/mol. The average molecular weight is 378 g/mol. The molecule has 5 nitrogen and oxygen atoms in total. The second-order valence-corrected chi connectivity index (χ2v) is 9.03. The summed E-state index contributed by atoms with van der Waals surface area (Å²) in [6.45, 7) is 2.51. The van der Waals surface area contributed by atoms with E-state index in [2.05, 4.69) is 11.4 Å². The third kappa shape index (κ3) is 3.45. The fraction of sp³-hybridized carbons (Fsp3) is 0.556. The minimum absolute atomic E-state index is 0.0788. The summed E-state index contributed by atoms with van der Waals surface area (Å²) in [6, 6.07) is 4.22. The minimum Gasteiger partial charge on any atom is -0.339 e. The fourth-order valence-corrected chi connectivity index (χ4v) is 5.94. The molecule has 1 saturated heterocycles. The van der Waals surface area contributed by atoms with Gasteiger partial charge in [-0.3, -0.25) is 9.59 Å². The summed E-state index contributed by atoms with van der Waals surface area (Å²) in [5.41, 5.74) is 6.02. The van der Waals surface area contributed by atoms with Gasteiger partial charge in [0.1, 0.15) is 0 Å². The fourth-order valence-electron chi connectivity index (χ4n) is 3.87. The first kappa shape index (κ1) is 17.0. The molecule has 4 rings (SSSR count). The molecule has 2 aliphatic rings. The summed E-state index contributed by atoms with van der Waals surface area (Å²) >= 11 is 3.23. The quantitative estimate of drug-likeness (QED) is 0.875. The molecule has 7 heteroatoms. The highest BCUT2D eigenvalue weighted by molar-refractivity contribution is 7.27. The van der Waals surface area contributed by atoms with E-state index in [4.69, 9.17) is 5.73 Å². The Morgan fingerprint density at radius 2 is 1.84 bits per heavy atom. The number of hydrogen-bond donors (Lipinski definition) is 1. The maximum Gasteiger partial charge on any atom is 0.264 e. The summed E-state index contributed by atoms with van der Waals surface area (Å²) in [5, 5.41) is 2.05. The maximum absolute atomic E-state index is 12.7. The number of piperazine rings is 1. The molecule has 2 amide bonds. The van der Waals surface area contributed by atoms with Crippen molar-refractivity contribution >= 4 is 43.9 Å². The summed E-state index contributed by atoms with van der Waals surface area (Å²) < 4.78 is 2.35. The molecule has 0 radical (unpaired) electrons. The van der Waals surface area contributed by atoms with Crippen LogP contribution in [0, 0.1) is 5.92 Å². The topological polar surface area (TPSA) is 66.6 Å². The second kappa shape index (κ2) is 7.05. The van der Waals surface area contributed by atoms with E-state index in [-0.39, 0.29) is 23.8 Å². The van der Waals surface area contributed by atoms with E-state index in [1.165, 1.54) is 9.40 Å². The Hall–Kier alpha value is -1.44. The lowest BCUT2D eigenvalue weighted by Crippen LogP contribution is -2.52. The third-order valence-electron chi connectivity index (χ3n) is 5.29. The van der Waals surface area contributed by atoms with Gasteiger partial charge >= 0.3 is 0 Å². The third-order valence-corrected chi connectivity index (χ3v) is 7.37. The van der Waals surface area contributed by atoms with Crippen molar-refractivity contribution in [1.29, 1.82) is 0 Å². The lowest BCUT2D eigenvalue weighted by atomic mass is 9.85. The molecule has 134 valence electrons. The van der Waals surface area contributed by atoms with Gasteiger partial charge in [-0.1, -0.05) is 6.42 Å². The first-order valence-corrected chi connectivity index (χ1v) is 10.6. The molecule has 1 aliphatic carbocycles. The van der Waals surface area contributed by atoms with Crippen LogP contribution >= 0.6 is 22.7 Å². The second-order valence-electron chi connectivity index (χ2n) is 7.00. The van der Waals surface area contributed by atoms with Crippen LogP contribution in [0.5, 0.6) is 0 Å². The van der Waals surface area contributed by atoms with Gasteiger partial charge in [0, 0.05) is 47.5 Å². The van der Waals surface area contributed by atoms with Gasteiger partial charge in [-0.2, -0.15) is 0 Å². The zero-order valence-electron chi connectivity index (χ0n) is 14.1. The molecule has 2 unspecified atom stereocenters. The number of thiophene rings is 2. The normalized spacial score (nSPS) is 24.7. The van der Waals surface area contributed by atoms with Gasteiger partial charge in [0.05, 0.1) is 4.88 Å². The van der Waals surface area contributed by atoms with Crippen LogP contribution < -0.4 is 5.73 Å². The largest absolute Gasteiger partial charge is 0.339 e. The van der Waals surface area contributed by atoms with Crippen molar-refractivity contribution in [2.24, 2.45) is 11.7 Å². The van der Waals surface area contributed by atoms with Crippen LogP contribution in [-0.2, 0) is 4.79 Å². The molecule has 25 heavy (non-hydrogen) atoms. The number of rotatable bonds is 2.